The molecule has 0 radical (unpaired) electrons. The molecule has 4 nitrogen and oxygen atoms in total. The molecule has 0 aliphatic carbocycles. The molecule has 1 aliphatic rings. The van der Waals surface area contributed by atoms with E-state index >= 15 is 0 Å². The van der Waals surface area contributed by atoms with Gasteiger partial charge in [0.1, 0.15) is 0 Å². The van der Waals surface area contributed by atoms with Crippen molar-refractivity contribution in [1.82, 2.24) is 4.90 Å². The first kappa shape index (κ1) is 14.9. The molecule has 1 aromatic rings. The Morgan fingerprint density at radius 2 is 1.90 bits per heavy atom. The largest absolute Gasteiger partial charge is 0.481 e. The fraction of sp³-hybridized carbons (Fsp3) is 0.467. The number of nitrogens with zero attached hydrogens (tertiary/aromatic N) is 1. The van der Waals surface area contributed by atoms with Crippen LogP contribution < -0.4 is 0 Å². The van der Waals surface area contributed by atoms with Crippen molar-refractivity contribution < 1.29 is 14.7 Å². The van der Waals surface area contributed by atoms with Crippen LogP contribution in [0.5, 0.6) is 0 Å². The molecule has 108 valence electrons. The Hall–Kier alpha value is -1.55. The molecule has 1 aliphatic heterocycles. The highest BCUT2D eigenvalue weighted by Crippen LogP contribution is 2.38. The van der Waals surface area contributed by atoms with Gasteiger partial charge in [-0.1, -0.05) is 25.4 Å². The first-order chi connectivity index (χ1) is 9.36. The third-order valence-electron chi connectivity index (χ3n) is 4.21. The zero-order valence-electron chi connectivity index (χ0n) is 11.6. The monoisotopic (exact) mass is 295 g/mol. The van der Waals surface area contributed by atoms with Crippen LogP contribution in [-0.4, -0.2) is 35.0 Å². The van der Waals surface area contributed by atoms with Crippen molar-refractivity contribution in [1.29, 1.82) is 0 Å². The molecule has 1 unspecified atom stereocenters. The van der Waals surface area contributed by atoms with E-state index in [1.165, 1.54) is 0 Å². The minimum atomic E-state index is -0.831. The van der Waals surface area contributed by atoms with Crippen LogP contribution >= 0.6 is 11.6 Å². The summed E-state index contributed by atoms with van der Waals surface area (Å²) in [5.41, 5.74) is -0.290. The van der Waals surface area contributed by atoms with E-state index in [0.29, 0.717) is 23.6 Å². The zero-order valence-corrected chi connectivity index (χ0v) is 12.4. The second kappa shape index (κ2) is 5.44. The Labute approximate surface area is 123 Å². The van der Waals surface area contributed by atoms with Crippen LogP contribution in [0.4, 0.5) is 0 Å². The number of carbonyl (C=O) groups is 2. The van der Waals surface area contributed by atoms with Gasteiger partial charge in [0.25, 0.3) is 5.91 Å². The van der Waals surface area contributed by atoms with Gasteiger partial charge in [-0.25, -0.2) is 0 Å². The Morgan fingerprint density at radius 3 is 2.35 bits per heavy atom. The van der Waals surface area contributed by atoms with Crippen LogP contribution in [0.15, 0.2) is 24.3 Å². The number of aliphatic carboxylic acids is 1. The number of carboxylic acid groups (broad SMARTS) is 1. The van der Waals surface area contributed by atoms with Crippen molar-refractivity contribution in [2.75, 3.05) is 13.1 Å². The predicted molar refractivity (Wildman–Crippen MR) is 76.9 cm³/mol. The van der Waals surface area contributed by atoms with Crippen molar-refractivity contribution >= 4 is 23.5 Å². The van der Waals surface area contributed by atoms with Crippen LogP contribution in [-0.2, 0) is 4.79 Å². The molecule has 2 rings (SSSR count). The maximum absolute atomic E-state index is 12.4. The molecule has 1 atom stereocenters. The van der Waals surface area contributed by atoms with Crippen molar-refractivity contribution in [2.24, 2.45) is 11.3 Å². The molecule has 20 heavy (non-hydrogen) atoms. The lowest BCUT2D eigenvalue weighted by atomic mass is 9.76. The molecule has 0 bridgehead atoms. The second-order valence-electron chi connectivity index (χ2n) is 5.60. The number of hydrogen-bond donors (Lipinski definition) is 1. The van der Waals surface area contributed by atoms with E-state index in [9.17, 15) is 14.7 Å². The predicted octanol–water partition coefficient (Wildman–Crippen LogP) is 2.91. The molecule has 1 heterocycles. The van der Waals surface area contributed by atoms with Gasteiger partial charge >= 0.3 is 5.97 Å². The van der Waals surface area contributed by atoms with Gasteiger partial charge in [-0.3, -0.25) is 9.59 Å². The average molecular weight is 296 g/mol. The van der Waals surface area contributed by atoms with Crippen molar-refractivity contribution in [3.05, 3.63) is 34.9 Å². The first-order valence-electron chi connectivity index (χ1n) is 6.65. The van der Waals surface area contributed by atoms with E-state index in [0.717, 1.165) is 0 Å². The molecule has 0 spiro atoms. The Bertz CT molecular complexity index is 526. The van der Waals surface area contributed by atoms with Crippen molar-refractivity contribution in [3.63, 3.8) is 0 Å². The van der Waals surface area contributed by atoms with E-state index in [1.54, 1.807) is 29.2 Å². The number of hydrogen-bond acceptors (Lipinski definition) is 2. The van der Waals surface area contributed by atoms with E-state index in [2.05, 4.69) is 0 Å². The molecule has 5 heteroatoms. The minimum Gasteiger partial charge on any atom is -0.481 e. The number of rotatable bonds is 3. The maximum atomic E-state index is 12.4. The third-order valence-corrected chi connectivity index (χ3v) is 4.46. The normalized spacial score (nSPS) is 22.3. The summed E-state index contributed by atoms with van der Waals surface area (Å²) in [7, 11) is 0. The average Bonchev–Trinajstić information content (AvgIpc) is 2.85. The molecular formula is C15H18ClNO3. The zero-order chi connectivity index (χ0) is 14.9. The summed E-state index contributed by atoms with van der Waals surface area (Å²) in [6.07, 6.45) is 0.499. The van der Waals surface area contributed by atoms with Gasteiger partial charge in [0, 0.05) is 23.7 Å². The Kier molecular flexibility index (Phi) is 4.04. The molecule has 1 amide bonds. The molecule has 1 saturated heterocycles. The fourth-order valence-electron chi connectivity index (χ4n) is 2.67. The van der Waals surface area contributed by atoms with Gasteiger partial charge in [-0.15, -0.1) is 0 Å². The van der Waals surface area contributed by atoms with E-state index in [1.807, 2.05) is 13.8 Å². The molecule has 1 aromatic carbocycles. The molecular weight excluding hydrogens is 278 g/mol. The highest BCUT2D eigenvalue weighted by Gasteiger charge is 2.48. The lowest BCUT2D eigenvalue weighted by Gasteiger charge is -2.28. The van der Waals surface area contributed by atoms with Gasteiger partial charge in [0.05, 0.1) is 5.41 Å². The van der Waals surface area contributed by atoms with Gasteiger partial charge in [-0.05, 0) is 36.6 Å². The summed E-state index contributed by atoms with van der Waals surface area (Å²) in [5, 5.41) is 10.1. The fourth-order valence-corrected chi connectivity index (χ4v) is 2.80. The molecule has 0 saturated carbocycles. The number of likely N-dealkylation sites (tertiary alicyclic amines) is 1. The summed E-state index contributed by atoms with van der Waals surface area (Å²) in [6.45, 7) is 4.53. The highest BCUT2D eigenvalue weighted by molar-refractivity contribution is 6.30. The standard InChI is InChI=1S/C15H18ClNO3/c1-10(2)15(14(19)20)7-8-17(9-15)13(18)11-3-5-12(16)6-4-11/h3-6,10H,7-9H2,1-2H3,(H,19,20). The number of benzene rings is 1. The Balaban J connectivity index is 2.18. The third kappa shape index (κ3) is 2.52. The van der Waals surface area contributed by atoms with Crippen LogP contribution in [0, 0.1) is 11.3 Å². The van der Waals surface area contributed by atoms with Crippen LogP contribution in [0.2, 0.25) is 5.02 Å². The molecule has 0 aromatic heterocycles. The van der Waals surface area contributed by atoms with E-state index < -0.39 is 11.4 Å². The maximum Gasteiger partial charge on any atom is 0.311 e. The number of carbonyl (C=O) groups excluding carboxylic acids is 1. The van der Waals surface area contributed by atoms with Crippen LogP contribution in [0.3, 0.4) is 0 Å². The van der Waals surface area contributed by atoms with Crippen molar-refractivity contribution in [3.8, 4) is 0 Å². The summed E-state index contributed by atoms with van der Waals surface area (Å²) in [6, 6.07) is 6.66. The molecule has 1 fully saturated rings. The SMILES string of the molecule is CC(C)C1(C(=O)O)CCN(C(=O)c2ccc(Cl)cc2)C1. The van der Waals surface area contributed by atoms with Gasteiger partial charge in [0.15, 0.2) is 0 Å². The summed E-state index contributed by atoms with van der Waals surface area (Å²) in [5.74, 6) is -0.965. The van der Waals surface area contributed by atoms with E-state index in [-0.39, 0.29) is 18.4 Å². The first-order valence-corrected chi connectivity index (χ1v) is 7.03. The number of halogens is 1. The summed E-state index contributed by atoms with van der Waals surface area (Å²) in [4.78, 5) is 25.6. The van der Waals surface area contributed by atoms with E-state index in [4.69, 9.17) is 11.6 Å². The highest BCUT2D eigenvalue weighted by atomic mass is 35.5. The summed E-state index contributed by atoms with van der Waals surface area (Å²) < 4.78 is 0. The molecule has 1 N–H and O–H groups in total. The number of carboxylic acids is 1. The smallest absolute Gasteiger partial charge is 0.311 e. The van der Waals surface area contributed by atoms with Gasteiger partial charge in [0.2, 0.25) is 0 Å². The van der Waals surface area contributed by atoms with Crippen molar-refractivity contribution in [2.45, 2.75) is 20.3 Å². The van der Waals surface area contributed by atoms with Gasteiger partial charge in [-0.2, -0.15) is 0 Å². The van der Waals surface area contributed by atoms with Crippen LogP contribution in [0.1, 0.15) is 30.6 Å². The lowest BCUT2D eigenvalue weighted by molar-refractivity contribution is -0.150. The quantitative estimate of drug-likeness (QED) is 0.933. The summed E-state index contributed by atoms with van der Waals surface area (Å²) >= 11 is 5.80. The topological polar surface area (TPSA) is 57.6 Å². The Morgan fingerprint density at radius 1 is 1.30 bits per heavy atom. The lowest BCUT2D eigenvalue weighted by Crippen LogP contribution is -2.40. The van der Waals surface area contributed by atoms with Crippen LogP contribution in [0.25, 0.3) is 0 Å². The minimum absolute atomic E-state index is 0.0111. The number of amides is 1. The second-order valence-corrected chi connectivity index (χ2v) is 6.04. The van der Waals surface area contributed by atoms with Gasteiger partial charge < -0.3 is 10.0 Å².